The summed E-state index contributed by atoms with van der Waals surface area (Å²) in [6.07, 6.45) is 4.31. The molecule has 94 valence electrons. The highest BCUT2D eigenvalue weighted by molar-refractivity contribution is 7.19. The fraction of sp³-hybridized carbons (Fsp3) is 0.286. The number of carbonyl (C=O) groups is 1. The van der Waals surface area contributed by atoms with Crippen LogP contribution in [-0.4, -0.2) is 10.9 Å². The van der Waals surface area contributed by atoms with Gasteiger partial charge in [-0.3, -0.25) is 4.79 Å². The van der Waals surface area contributed by atoms with Gasteiger partial charge in [-0.25, -0.2) is 4.98 Å². The third-order valence-corrected chi connectivity index (χ3v) is 3.53. The number of carbonyl (C=O) groups excluding carboxylic acids is 1. The van der Waals surface area contributed by atoms with E-state index in [-0.39, 0.29) is 5.91 Å². The number of unbranched alkanes of at least 4 members (excludes halogenated alkanes) is 1. The first-order valence-corrected chi connectivity index (χ1v) is 6.92. The maximum Gasteiger partial charge on any atom is 0.226 e. The van der Waals surface area contributed by atoms with E-state index in [4.69, 9.17) is 0 Å². The minimum absolute atomic E-state index is 0.0470. The van der Waals surface area contributed by atoms with Crippen LogP contribution in [0.3, 0.4) is 0 Å². The molecule has 0 atom stereocenters. The lowest BCUT2D eigenvalue weighted by molar-refractivity contribution is -0.116. The summed E-state index contributed by atoms with van der Waals surface area (Å²) in [6.45, 7) is 2.07. The van der Waals surface area contributed by atoms with Crippen molar-refractivity contribution in [2.45, 2.75) is 26.2 Å². The molecule has 0 spiro atoms. The fourth-order valence-electron chi connectivity index (χ4n) is 1.59. The van der Waals surface area contributed by atoms with E-state index in [1.54, 1.807) is 6.20 Å². The molecule has 2 aromatic rings. The number of anilines is 1. The van der Waals surface area contributed by atoms with Crippen LogP contribution in [0.5, 0.6) is 0 Å². The van der Waals surface area contributed by atoms with Gasteiger partial charge in [-0.05, 0) is 12.0 Å². The normalized spacial score (nSPS) is 10.3. The molecule has 1 amide bonds. The predicted molar refractivity (Wildman–Crippen MR) is 75.7 cm³/mol. The molecule has 2 rings (SSSR count). The van der Waals surface area contributed by atoms with Crippen LogP contribution in [0.1, 0.15) is 26.2 Å². The van der Waals surface area contributed by atoms with Gasteiger partial charge in [-0.15, -0.1) is 0 Å². The van der Waals surface area contributed by atoms with Gasteiger partial charge < -0.3 is 5.32 Å². The van der Waals surface area contributed by atoms with Gasteiger partial charge in [0.05, 0.1) is 4.88 Å². The highest BCUT2D eigenvalue weighted by Crippen LogP contribution is 2.28. The van der Waals surface area contributed by atoms with Crippen molar-refractivity contribution in [1.29, 1.82) is 0 Å². The summed E-state index contributed by atoms with van der Waals surface area (Å²) in [5.41, 5.74) is 1.13. The second-order valence-electron chi connectivity index (χ2n) is 4.05. The first-order chi connectivity index (χ1) is 8.79. The molecular formula is C14H16N2OS. The highest BCUT2D eigenvalue weighted by Gasteiger charge is 2.07. The molecule has 0 radical (unpaired) electrons. The summed E-state index contributed by atoms with van der Waals surface area (Å²) in [4.78, 5) is 16.9. The Bertz CT molecular complexity index is 508. The van der Waals surface area contributed by atoms with E-state index in [1.807, 2.05) is 30.3 Å². The van der Waals surface area contributed by atoms with Crippen molar-refractivity contribution < 1.29 is 4.79 Å². The molecule has 4 heteroatoms. The van der Waals surface area contributed by atoms with Crippen LogP contribution in [0.25, 0.3) is 10.4 Å². The molecule has 1 N–H and O–H groups in total. The average molecular weight is 260 g/mol. The summed E-state index contributed by atoms with van der Waals surface area (Å²) >= 11 is 1.50. The Morgan fingerprint density at radius 2 is 2.11 bits per heavy atom. The minimum atomic E-state index is 0.0470. The number of amides is 1. The third kappa shape index (κ3) is 3.40. The number of hydrogen-bond donors (Lipinski definition) is 1. The summed E-state index contributed by atoms with van der Waals surface area (Å²) in [7, 11) is 0. The van der Waals surface area contributed by atoms with Gasteiger partial charge in [0.1, 0.15) is 0 Å². The van der Waals surface area contributed by atoms with Gasteiger partial charge in [0.25, 0.3) is 0 Å². The SMILES string of the molecule is CCCCC(=O)Nc1ncc(-c2ccccc2)s1. The van der Waals surface area contributed by atoms with E-state index in [1.165, 1.54) is 11.3 Å². The zero-order chi connectivity index (χ0) is 12.8. The molecule has 1 heterocycles. The van der Waals surface area contributed by atoms with Crippen LogP contribution >= 0.6 is 11.3 Å². The van der Waals surface area contributed by atoms with Gasteiger partial charge in [-0.1, -0.05) is 55.0 Å². The van der Waals surface area contributed by atoms with E-state index in [2.05, 4.69) is 17.2 Å². The minimum Gasteiger partial charge on any atom is -0.302 e. The van der Waals surface area contributed by atoms with Crippen molar-refractivity contribution in [3.05, 3.63) is 36.5 Å². The van der Waals surface area contributed by atoms with Crippen molar-refractivity contribution in [3.8, 4) is 10.4 Å². The van der Waals surface area contributed by atoms with Gasteiger partial charge in [-0.2, -0.15) is 0 Å². The number of benzene rings is 1. The summed E-state index contributed by atoms with van der Waals surface area (Å²) in [5.74, 6) is 0.0470. The fourth-order valence-corrected chi connectivity index (χ4v) is 2.42. The predicted octanol–water partition coefficient (Wildman–Crippen LogP) is 3.94. The van der Waals surface area contributed by atoms with Gasteiger partial charge in [0.15, 0.2) is 5.13 Å². The molecule has 1 aromatic carbocycles. The summed E-state index contributed by atoms with van der Waals surface area (Å²) in [6, 6.07) is 10.0. The van der Waals surface area contributed by atoms with E-state index in [0.717, 1.165) is 23.3 Å². The Balaban J connectivity index is 2.00. The van der Waals surface area contributed by atoms with Gasteiger partial charge in [0, 0.05) is 12.6 Å². The Labute approximate surface area is 111 Å². The molecule has 0 saturated heterocycles. The number of aromatic nitrogens is 1. The summed E-state index contributed by atoms with van der Waals surface area (Å²) in [5, 5.41) is 3.51. The lowest BCUT2D eigenvalue weighted by Crippen LogP contribution is -2.10. The van der Waals surface area contributed by atoms with E-state index < -0.39 is 0 Å². The molecule has 0 fully saturated rings. The van der Waals surface area contributed by atoms with E-state index >= 15 is 0 Å². The zero-order valence-electron chi connectivity index (χ0n) is 10.3. The van der Waals surface area contributed by atoms with Crippen molar-refractivity contribution in [2.75, 3.05) is 5.32 Å². The molecule has 3 nitrogen and oxygen atoms in total. The maximum atomic E-state index is 11.6. The van der Waals surface area contributed by atoms with Crippen molar-refractivity contribution in [1.82, 2.24) is 4.98 Å². The van der Waals surface area contributed by atoms with Crippen molar-refractivity contribution >= 4 is 22.4 Å². The van der Waals surface area contributed by atoms with Crippen LogP contribution < -0.4 is 5.32 Å². The molecule has 0 aliphatic heterocycles. The molecule has 0 bridgehead atoms. The first kappa shape index (κ1) is 12.8. The van der Waals surface area contributed by atoms with Crippen LogP contribution in [0.15, 0.2) is 36.5 Å². The van der Waals surface area contributed by atoms with Crippen molar-refractivity contribution in [3.63, 3.8) is 0 Å². The Morgan fingerprint density at radius 1 is 1.33 bits per heavy atom. The standard InChI is InChI=1S/C14H16N2OS/c1-2-3-9-13(17)16-14-15-10-12(18-14)11-7-5-4-6-8-11/h4-8,10H,2-3,9H2,1H3,(H,15,16,17). The number of nitrogens with zero attached hydrogens (tertiary/aromatic N) is 1. The second kappa shape index (κ2) is 6.31. The topological polar surface area (TPSA) is 42.0 Å². The molecule has 18 heavy (non-hydrogen) atoms. The van der Waals surface area contributed by atoms with Gasteiger partial charge in [0.2, 0.25) is 5.91 Å². The third-order valence-electron chi connectivity index (χ3n) is 2.57. The zero-order valence-corrected chi connectivity index (χ0v) is 11.2. The smallest absolute Gasteiger partial charge is 0.226 e. The van der Waals surface area contributed by atoms with Gasteiger partial charge >= 0.3 is 0 Å². The number of rotatable bonds is 5. The van der Waals surface area contributed by atoms with Crippen molar-refractivity contribution in [2.24, 2.45) is 0 Å². The Hall–Kier alpha value is -1.68. The van der Waals surface area contributed by atoms with Crippen LogP contribution in [0.4, 0.5) is 5.13 Å². The lowest BCUT2D eigenvalue weighted by Gasteiger charge is -1.99. The highest BCUT2D eigenvalue weighted by atomic mass is 32.1. The first-order valence-electron chi connectivity index (χ1n) is 6.10. The molecule has 0 aliphatic rings. The molecular weight excluding hydrogens is 244 g/mol. The average Bonchev–Trinajstić information content (AvgIpc) is 2.86. The van der Waals surface area contributed by atoms with E-state index in [0.29, 0.717) is 11.6 Å². The van der Waals surface area contributed by atoms with Crippen LogP contribution in [-0.2, 0) is 4.79 Å². The monoisotopic (exact) mass is 260 g/mol. The Kier molecular flexibility index (Phi) is 4.47. The molecule has 0 unspecified atom stereocenters. The van der Waals surface area contributed by atoms with E-state index in [9.17, 15) is 4.79 Å². The largest absolute Gasteiger partial charge is 0.302 e. The second-order valence-corrected chi connectivity index (χ2v) is 5.08. The quantitative estimate of drug-likeness (QED) is 0.884. The maximum absolute atomic E-state index is 11.6. The molecule has 0 saturated carbocycles. The Morgan fingerprint density at radius 3 is 2.83 bits per heavy atom. The van der Waals surface area contributed by atoms with Crippen LogP contribution in [0.2, 0.25) is 0 Å². The molecule has 1 aromatic heterocycles. The lowest BCUT2D eigenvalue weighted by atomic mass is 10.2. The number of thiazole rings is 1. The summed E-state index contributed by atoms with van der Waals surface area (Å²) < 4.78 is 0. The van der Waals surface area contributed by atoms with Crippen LogP contribution in [0, 0.1) is 0 Å². The number of hydrogen-bond acceptors (Lipinski definition) is 3. The molecule has 0 aliphatic carbocycles. The number of nitrogens with one attached hydrogen (secondary N) is 1.